The third-order valence-electron chi connectivity index (χ3n) is 7.69. The molecule has 6 atom stereocenters. The van der Waals surface area contributed by atoms with E-state index in [4.69, 9.17) is 23.5 Å². The Labute approximate surface area is 270 Å². The van der Waals surface area contributed by atoms with E-state index in [9.17, 15) is 28.5 Å². The van der Waals surface area contributed by atoms with Crippen LogP contribution in [0.5, 0.6) is 0 Å². The lowest BCUT2D eigenvalue weighted by molar-refractivity contribution is -0.301. The van der Waals surface area contributed by atoms with Crippen LogP contribution in [0.2, 0.25) is 0 Å². The summed E-state index contributed by atoms with van der Waals surface area (Å²) in [5.74, 6) is -0.488. The summed E-state index contributed by atoms with van der Waals surface area (Å²) in [4.78, 5) is 11.9. The predicted octanol–water partition coefficient (Wildman–Crippen LogP) is 4.79. The molecule has 1 saturated heterocycles. The molecule has 4 N–H and O–H groups in total. The molecule has 1 fully saturated rings. The van der Waals surface area contributed by atoms with Crippen LogP contribution >= 0.6 is 0 Å². The van der Waals surface area contributed by atoms with Crippen molar-refractivity contribution in [2.45, 2.75) is 160 Å². The first-order valence-electron chi connectivity index (χ1n) is 16.9. The van der Waals surface area contributed by atoms with Crippen molar-refractivity contribution in [1.29, 1.82) is 0 Å². The molecule has 0 spiro atoms. The molecule has 1 aliphatic rings. The maximum atomic E-state index is 11.9. The van der Waals surface area contributed by atoms with Crippen LogP contribution in [0.3, 0.4) is 0 Å². The topological polar surface area (TPSA) is 178 Å². The molecule has 0 aliphatic carbocycles. The Hall–Kier alpha value is -1.16. The van der Waals surface area contributed by atoms with E-state index in [-0.39, 0.29) is 19.6 Å². The summed E-state index contributed by atoms with van der Waals surface area (Å²) in [5, 5.41) is 30.0. The first-order chi connectivity index (χ1) is 21.6. The molecule has 6 unspecified atom stereocenters. The van der Waals surface area contributed by atoms with Crippen molar-refractivity contribution in [1.82, 2.24) is 0 Å². The minimum absolute atomic E-state index is 0.0267. The molecular formula is C32H60O12S. The molecule has 45 heavy (non-hydrogen) atoms. The van der Waals surface area contributed by atoms with Crippen molar-refractivity contribution < 1.29 is 56.2 Å². The quantitative estimate of drug-likeness (QED) is 0.0389. The summed E-state index contributed by atoms with van der Waals surface area (Å²) >= 11 is 0. The Balaban J connectivity index is 2.22. The average Bonchev–Trinajstić information content (AvgIpc) is 3.00. The van der Waals surface area contributed by atoms with Gasteiger partial charge in [-0.25, -0.2) is 4.18 Å². The van der Waals surface area contributed by atoms with Gasteiger partial charge in [0.25, 0.3) is 0 Å². The van der Waals surface area contributed by atoms with E-state index in [1.807, 2.05) is 0 Å². The Morgan fingerprint density at radius 3 is 1.91 bits per heavy atom. The second-order valence-corrected chi connectivity index (χ2v) is 12.8. The zero-order chi connectivity index (χ0) is 33.3. The molecule has 12 nitrogen and oxygen atoms in total. The fourth-order valence-corrected chi connectivity index (χ4v) is 5.56. The molecule has 1 heterocycles. The number of allylic oxidation sites excluding steroid dienone is 2. The number of ether oxygens (including phenoxy) is 4. The number of aliphatic hydroxyl groups is 3. The molecular weight excluding hydrogens is 608 g/mol. The van der Waals surface area contributed by atoms with Gasteiger partial charge in [0.2, 0.25) is 0 Å². The van der Waals surface area contributed by atoms with E-state index in [1.165, 1.54) is 83.5 Å². The average molecular weight is 669 g/mol. The number of rotatable bonds is 28. The Morgan fingerprint density at radius 2 is 1.38 bits per heavy atom. The van der Waals surface area contributed by atoms with Crippen LogP contribution in [-0.2, 0) is 38.3 Å². The smallest absolute Gasteiger partial charge is 0.397 e. The van der Waals surface area contributed by atoms with Crippen LogP contribution in [-0.4, -0.2) is 97.5 Å². The van der Waals surface area contributed by atoms with Crippen LogP contribution in [0, 0.1) is 0 Å². The number of aliphatic hydroxyl groups excluding tert-OH is 3. The third kappa shape index (κ3) is 20.6. The number of unbranched alkanes of at least 4 members (excludes halogenated alkanes) is 14. The highest BCUT2D eigenvalue weighted by Gasteiger charge is 2.48. The molecule has 0 amide bonds. The molecule has 0 saturated carbocycles. The Kier molecular flexibility index (Phi) is 24.1. The summed E-state index contributed by atoms with van der Waals surface area (Å²) in [6.07, 6.45) is 15.3. The van der Waals surface area contributed by atoms with Crippen LogP contribution in [0.15, 0.2) is 12.2 Å². The van der Waals surface area contributed by atoms with Gasteiger partial charge in [-0.05, 0) is 32.1 Å². The van der Waals surface area contributed by atoms with Gasteiger partial charge in [-0.3, -0.25) is 9.35 Å². The number of carbonyl (C=O) groups excluding carboxylic acids is 1. The Morgan fingerprint density at radius 1 is 0.822 bits per heavy atom. The van der Waals surface area contributed by atoms with Crippen molar-refractivity contribution in [3.63, 3.8) is 0 Å². The van der Waals surface area contributed by atoms with Crippen LogP contribution < -0.4 is 0 Å². The van der Waals surface area contributed by atoms with E-state index in [0.717, 1.165) is 19.3 Å². The van der Waals surface area contributed by atoms with Gasteiger partial charge in [0.15, 0.2) is 6.29 Å². The van der Waals surface area contributed by atoms with Gasteiger partial charge in [-0.2, -0.15) is 8.42 Å². The fourth-order valence-electron chi connectivity index (χ4n) is 5.05. The number of hydrogen-bond acceptors (Lipinski definition) is 11. The SMILES string of the molecule is CCCCCCCC/C=C\CCCCCCCCCCOCC(COC1OC(CO)C(O)C(OS(=O)(=O)O)C1O)OC(=O)CC. The van der Waals surface area contributed by atoms with Gasteiger partial charge >= 0.3 is 16.4 Å². The van der Waals surface area contributed by atoms with Crippen molar-refractivity contribution in [3.05, 3.63) is 12.2 Å². The highest BCUT2D eigenvalue weighted by molar-refractivity contribution is 7.80. The zero-order valence-corrected chi connectivity index (χ0v) is 28.2. The van der Waals surface area contributed by atoms with E-state index in [1.54, 1.807) is 6.92 Å². The molecule has 0 aromatic rings. The van der Waals surface area contributed by atoms with E-state index < -0.39 is 59.8 Å². The van der Waals surface area contributed by atoms with Crippen LogP contribution in [0.4, 0.5) is 0 Å². The van der Waals surface area contributed by atoms with Gasteiger partial charge in [0, 0.05) is 13.0 Å². The number of carbonyl (C=O) groups is 1. The van der Waals surface area contributed by atoms with Crippen LogP contribution in [0.25, 0.3) is 0 Å². The monoisotopic (exact) mass is 668 g/mol. The molecule has 0 aromatic carbocycles. The normalized spacial score (nSPS) is 23.0. The van der Waals surface area contributed by atoms with Gasteiger partial charge < -0.3 is 34.3 Å². The minimum Gasteiger partial charge on any atom is -0.457 e. The van der Waals surface area contributed by atoms with Gasteiger partial charge in [-0.1, -0.05) is 96.6 Å². The zero-order valence-electron chi connectivity index (χ0n) is 27.4. The summed E-state index contributed by atoms with van der Waals surface area (Å²) in [7, 11) is -5.04. The van der Waals surface area contributed by atoms with Gasteiger partial charge in [0.05, 0.1) is 19.8 Å². The number of hydrogen-bond donors (Lipinski definition) is 4. The summed E-state index contributed by atoms with van der Waals surface area (Å²) < 4.78 is 57.6. The highest BCUT2D eigenvalue weighted by Crippen LogP contribution is 2.26. The number of esters is 1. The van der Waals surface area contributed by atoms with Gasteiger partial charge in [0.1, 0.15) is 30.5 Å². The van der Waals surface area contributed by atoms with Crippen molar-refractivity contribution in [2.24, 2.45) is 0 Å². The third-order valence-corrected chi connectivity index (χ3v) is 8.16. The minimum atomic E-state index is -5.04. The lowest BCUT2D eigenvalue weighted by atomic mass is 9.99. The van der Waals surface area contributed by atoms with Crippen LogP contribution in [0.1, 0.15) is 123 Å². The Bertz CT molecular complexity index is 868. The lowest BCUT2D eigenvalue weighted by Gasteiger charge is -2.41. The first-order valence-corrected chi connectivity index (χ1v) is 18.3. The van der Waals surface area contributed by atoms with E-state index in [0.29, 0.717) is 6.61 Å². The second kappa shape index (κ2) is 25.9. The highest BCUT2D eigenvalue weighted by atomic mass is 32.3. The van der Waals surface area contributed by atoms with Crippen molar-refractivity contribution >= 4 is 16.4 Å². The van der Waals surface area contributed by atoms with E-state index in [2.05, 4.69) is 23.3 Å². The molecule has 266 valence electrons. The maximum absolute atomic E-state index is 11.9. The molecule has 0 aromatic heterocycles. The molecule has 1 aliphatic heterocycles. The molecule has 0 bridgehead atoms. The molecule has 1 rings (SSSR count). The summed E-state index contributed by atoms with van der Waals surface area (Å²) in [5.41, 5.74) is 0. The first kappa shape index (κ1) is 41.9. The standard InChI is InChI=1S/C32H60O12S/c1-3-5-6-7-8-9-10-11-12-13-14-15-16-17-18-19-20-21-22-40-24-26(42-28(34)4-2)25-41-32-30(36)31(44-45(37,38)39)29(35)27(23-33)43-32/h11-12,26-27,29-33,35-36H,3-10,13-25H2,1-2H3,(H,37,38,39)/b12-11-. The summed E-state index contributed by atoms with van der Waals surface area (Å²) in [6.45, 7) is 3.35. The van der Waals surface area contributed by atoms with Crippen molar-refractivity contribution in [3.8, 4) is 0 Å². The summed E-state index contributed by atoms with van der Waals surface area (Å²) in [6, 6.07) is 0. The fraction of sp³-hybridized carbons (Fsp3) is 0.906. The maximum Gasteiger partial charge on any atom is 0.397 e. The van der Waals surface area contributed by atoms with E-state index >= 15 is 0 Å². The predicted molar refractivity (Wildman–Crippen MR) is 170 cm³/mol. The van der Waals surface area contributed by atoms with Crippen molar-refractivity contribution in [2.75, 3.05) is 26.4 Å². The second-order valence-electron chi connectivity index (χ2n) is 11.7. The van der Waals surface area contributed by atoms with Gasteiger partial charge in [-0.15, -0.1) is 0 Å². The largest absolute Gasteiger partial charge is 0.457 e. The molecule has 0 radical (unpaired) electrons. The molecule has 13 heteroatoms. The lowest BCUT2D eigenvalue weighted by Crippen LogP contribution is -2.60.